The standard InChI is InChI=1S/C20H19N3O4/c1-11-6-19(25)27-17-9-15(4-5-16(11)17)22-10-14(8-18(22)24)20(26)23-13(3)7-12(2)21-23/h4-7,9,14H,8,10H2,1-3H3. The van der Waals surface area contributed by atoms with Crippen molar-refractivity contribution < 1.29 is 14.0 Å². The molecule has 1 fully saturated rings. The van der Waals surface area contributed by atoms with Crippen molar-refractivity contribution in [1.82, 2.24) is 9.78 Å². The Kier molecular flexibility index (Phi) is 3.95. The van der Waals surface area contributed by atoms with E-state index in [1.54, 1.807) is 11.0 Å². The number of aryl methyl sites for hydroxylation is 3. The maximum atomic E-state index is 12.8. The molecule has 27 heavy (non-hydrogen) atoms. The third kappa shape index (κ3) is 2.95. The van der Waals surface area contributed by atoms with Gasteiger partial charge in [0.1, 0.15) is 5.58 Å². The predicted molar refractivity (Wildman–Crippen MR) is 100 cm³/mol. The van der Waals surface area contributed by atoms with Gasteiger partial charge in [0, 0.05) is 41.9 Å². The number of hydrogen-bond acceptors (Lipinski definition) is 5. The zero-order chi connectivity index (χ0) is 19.3. The van der Waals surface area contributed by atoms with Gasteiger partial charge in [0.2, 0.25) is 5.91 Å². The van der Waals surface area contributed by atoms with E-state index in [9.17, 15) is 14.4 Å². The van der Waals surface area contributed by atoms with Crippen LogP contribution in [0.2, 0.25) is 0 Å². The number of anilines is 1. The Hall–Kier alpha value is -3.22. The van der Waals surface area contributed by atoms with Crippen LogP contribution in [0, 0.1) is 26.7 Å². The predicted octanol–water partition coefficient (Wildman–Crippen LogP) is 2.61. The van der Waals surface area contributed by atoms with Crippen LogP contribution < -0.4 is 10.5 Å². The number of hydrogen-bond donors (Lipinski definition) is 0. The molecule has 1 saturated heterocycles. The van der Waals surface area contributed by atoms with Crippen LogP contribution in [0.3, 0.4) is 0 Å². The fourth-order valence-corrected chi connectivity index (χ4v) is 3.63. The molecule has 0 spiro atoms. The molecule has 7 heteroatoms. The van der Waals surface area contributed by atoms with E-state index in [0.29, 0.717) is 11.3 Å². The maximum absolute atomic E-state index is 12.8. The van der Waals surface area contributed by atoms with E-state index < -0.39 is 11.5 Å². The summed E-state index contributed by atoms with van der Waals surface area (Å²) in [5.74, 6) is -0.778. The largest absolute Gasteiger partial charge is 0.423 e. The first kappa shape index (κ1) is 17.2. The van der Waals surface area contributed by atoms with Crippen molar-refractivity contribution in [3.63, 3.8) is 0 Å². The first-order valence-corrected chi connectivity index (χ1v) is 8.76. The Morgan fingerprint density at radius 3 is 2.63 bits per heavy atom. The minimum absolute atomic E-state index is 0.132. The van der Waals surface area contributed by atoms with Crippen molar-refractivity contribution in [2.75, 3.05) is 11.4 Å². The number of rotatable bonds is 2. The van der Waals surface area contributed by atoms with E-state index in [4.69, 9.17) is 4.42 Å². The Morgan fingerprint density at radius 2 is 1.93 bits per heavy atom. The molecule has 1 amide bonds. The monoisotopic (exact) mass is 365 g/mol. The summed E-state index contributed by atoms with van der Waals surface area (Å²) in [5.41, 5.74) is 2.96. The van der Waals surface area contributed by atoms with Crippen molar-refractivity contribution >= 4 is 28.5 Å². The van der Waals surface area contributed by atoms with Crippen LogP contribution in [0.4, 0.5) is 5.69 Å². The molecule has 0 radical (unpaired) electrons. The molecule has 1 unspecified atom stereocenters. The summed E-state index contributed by atoms with van der Waals surface area (Å²) in [4.78, 5) is 38.5. The van der Waals surface area contributed by atoms with Crippen LogP contribution in [0.1, 0.15) is 28.2 Å². The lowest BCUT2D eigenvalue weighted by molar-refractivity contribution is -0.117. The minimum Gasteiger partial charge on any atom is -0.423 e. The molecule has 4 rings (SSSR count). The van der Waals surface area contributed by atoms with Crippen LogP contribution in [0.15, 0.2) is 39.5 Å². The van der Waals surface area contributed by atoms with Gasteiger partial charge in [-0.05, 0) is 44.5 Å². The molecule has 3 aromatic rings. The van der Waals surface area contributed by atoms with Crippen LogP contribution in [-0.2, 0) is 4.79 Å². The molecule has 138 valence electrons. The van der Waals surface area contributed by atoms with Gasteiger partial charge in [-0.25, -0.2) is 9.48 Å². The Morgan fingerprint density at radius 1 is 1.15 bits per heavy atom. The Bertz CT molecular complexity index is 1140. The van der Waals surface area contributed by atoms with E-state index in [1.807, 2.05) is 39.0 Å². The highest BCUT2D eigenvalue weighted by atomic mass is 16.4. The smallest absolute Gasteiger partial charge is 0.336 e. The number of aromatic nitrogens is 2. The lowest BCUT2D eigenvalue weighted by atomic mass is 10.1. The van der Waals surface area contributed by atoms with Gasteiger partial charge in [0.05, 0.1) is 11.6 Å². The lowest BCUT2D eigenvalue weighted by Crippen LogP contribution is -2.28. The molecule has 1 aromatic carbocycles. The van der Waals surface area contributed by atoms with Gasteiger partial charge < -0.3 is 9.32 Å². The van der Waals surface area contributed by atoms with Crippen molar-refractivity contribution in [2.45, 2.75) is 27.2 Å². The quantitative estimate of drug-likeness (QED) is 0.652. The van der Waals surface area contributed by atoms with Crippen LogP contribution in [0.5, 0.6) is 0 Å². The van der Waals surface area contributed by atoms with E-state index >= 15 is 0 Å². The summed E-state index contributed by atoms with van der Waals surface area (Å²) in [6.07, 6.45) is 0.132. The number of amides is 1. The van der Waals surface area contributed by atoms with Crippen LogP contribution >= 0.6 is 0 Å². The van der Waals surface area contributed by atoms with Crippen LogP contribution in [0.25, 0.3) is 11.0 Å². The highest BCUT2D eigenvalue weighted by molar-refractivity contribution is 6.01. The lowest BCUT2D eigenvalue weighted by Gasteiger charge is -2.17. The van der Waals surface area contributed by atoms with Gasteiger partial charge in [-0.1, -0.05) is 0 Å². The molecule has 0 aliphatic carbocycles. The fourth-order valence-electron chi connectivity index (χ4n) is 3.63. The van der Waals surface area contributed by atoms with Crippen molar-refractivity contribution in [1.29, 1.82) is 0 Å². The van der Waals surface area contributed by atoms with E-state index in [2.05, 4.69) is 5.10 Å². The second-order valence-corrected chi connectivity index (χ2v) is 7.01. The number of fused-ring (bicyclic) bond motifs is 1. The molecule has 1 aliphatic heterocycles. The van der Waals surface area contributed by atoms with Gasteiger partial charge in [0.15, 0.2) is 0 Å². The first-order chi connectivity index (χ1) is 12.8. The summed E-state index contributed by atoms with van der Waals surface area (Å²) in [7, 11) is 0. The van der Waals surface area contributed by atoms with E-state index in [-0.39, 0.29) is 24.8 Å². The summed E-state index contributed by atoms with van der Waals surface area (Å²) in [6, 6.07) is 8.58. The number of carbonyl (C=O) groups excluding carboxylic acids is 2. The molecule has 7 nitrogen and oxygen atoms in total. The molecule has 1 aliphatic rings. The van der Waals surface area contributed by atoms with Crippen molar-refractivity contribution in [3.8, 4) is 0 Å². The number of carbonyl (C=O) groups is 2. The highest BCUT2D eigenvalue weighted by Crippen LogP contribution is 2.29. The zero-order valence-electron chi connectivity index (χ0n) is 15.4. The zero-order valence-corrected chi connectivity index (χ0v) is 15.4. The topological polar surface area (TPSA) is 85.4 Å². The summed E-state index contributed by atoms with van der Waals surface area (Å²) < 4.78 is 6.64. The third-order valence-electron chi connectivity index (χ3n) is 4.94. The second-order valence-electron chi connectivity index (χ2n) is 7.01. The average Bonchev–Trinajstić information content (AvgIpc) is 3.15. The normalized spacial score (nSPS) is 17.1. The highest BCUT2D eigenvalue weighted by Gasteiger charge is 2.36. The molecular weight excluding hydrogens is 346 g/mol. The Labute approximate surface area is 155 Å². The average molecular weight is 365 g/mol. The molecule has 2 aromatic heterocycles. The van der Waals surface area contributed by atoms with Crippen LogP contribution in [-0.4, -0.2) is 28.1 Å². The first-order valence-electron chi connectivity index (χ1n) is 8.76. The summed E-state index contributed by atoms with van der Waals surface area (Å²) in [6.45, 7) is 5.76. The minimum atomic E-state index is -0.462. The molecule has 0 saturated carbocycles. The van der Waals surface area contributed by atoms with Gasteiger partial charge in [-0.3, -0.25) is 9.59 Å². The SMILES string of the molecule is Cc1cc(C)n(C(=O)C2CC(=O)N(c3ccc4c(C)cc(=O)oc4c3)C2)n1. The maximum Gasteiger partial charge on any atom is 0.336 e. The van der Waals surface area contributed by atoms with Crippen molar-refractivity contribution in [3.05, 3.63) is 57.7 Å². The van der Waals surface area contributed by atoms with E-state index in [0.717, 1.165) is 22.3 Å². The molecule has 3 heterocycles. The van der Waals surface area contributed by atoms with Gasteiger partial charge in [-0.2, -0.15) is 5.10 Å². The Balaban J connectivity index is 1.64. The van der Waals surface area contributed by atoms with Gasteiger partial charge >= 0.3 is 5.63 Å². The number of nitrogens with zero attached hydrogens (tertiary/aromatic N) is 3. The van der Waals surface area contributed by atoms with Gasteiger partial charge in [0.25, 0.3) is 5.91 Å². The molecule has 1 atom stereocenters. The second kappa shape index (κ2) is 6.19. The van der Waals surface area contributed by atoms with Crippen molar-refractivity contribution in [2.24, 2.45) is 5.92 Å². The van der Waals surface area contributed by atoms with Gasteiger partial charge in [-0.15, -0.1) is 0 Å². The van der Waals surface area contributed by atoms with E-state index in [1.165, 1.54) is 10.7 Å². The summed E-state index contributed by atoms with van der Waals surface area (Å²) in [5, 5.41) is 5.05. The third-order valence-corrected chi connectivity index (χ3v) is 4.94. The molecular formula is C20H19N3O4. The molecule has 0 bridgehead atoms. The summed E-state index contributed by atoms with van der Waals surface area (Å²) >= 11 is 0. The molecule has 0 N–H and O–H groups in total. The fraction of sp³-hybridized carbons (Fsp3) is 0.300. The number of benzene rings is 1.